The molecule has 2 rings (SSSR count). The number of hydrogen-bond donors (Lipinski definition) is 2. The minimum absolute atomic E-state index is 0.0131. The molecule has 0 bridgehead atoms. The molecule has 2 aromatic rings. The number of halogens is 1. The van der Waals surface area contributed by atoms with Crippen LogP contribution in [-0.4, -0.2) is 26.4 Å². The fourth-order valence-electron chi connectivity index (χ4n) is 1.85. The van der Waals surface area contributed by atoms with E-state index in [9.17, 15) is 18.0 Å². The molecular formula is C16H15ClN2O5S. The summed E-state index contributed by atoms with van der Waals surface area (Å²) in [5.74, 6) is -1.69. The number of ether oxygens (including phenoxy) is 1. The predicted octanol–water partition coefficient (Wildman–Crippen LogP) is 2.17. The number of nitrogens with one attached hydrogen (secondary N) is 1. The summed E-state index contributed by atoms with van der Waals surface area (Å²) in [5.41, 5.74) is 5.02. The van der Waals surface area contributed by atoms with Crippen molar-refractivity contribution in [1.29, 1.82) is 0 Å². The second-order valence-corrected chi connectivity index (χ2v) is 7.17. The van der Waals surface area contributed by atoms with Gasteiger partial charge in [-0.2, -0.15) is 0 Å². The fraction of sp³-hybridized carbons (Fsp3) is 0.125. The summed E-state index contributed by atoms with van der Waals surface area (Å²) in [4.78, 5) is 23.2. The molecule has 1 amide bonds. The number of carbonyl (C=O) groups is 2. The van der Waals surface area contributed by atoms with Gasteiger partial charge in [0.15, 0.2) is 6.10 Å². The molecule has 0 aliphatic carbocycles. The zero-order chi connectivity index (χ0) is 18.6. The third kappa shape index (κ3) is 4.71. The molecule has 0 aliphatic rings. The van der Waals surface area contributed by atoms with Crippen molar-refractivity contribution in [1.82, 2.24) is 0 Å². The van der Waals surface area contributed by atoms with Gasteiger partial charge < -0.3 is 10.5 Å². The first-order chi connectivity index (χ1) is 11.7. The Kier molecular flexibility index (Phi) is 5.66. The van der Waals surface area contributed by atoms with E-state index < -0.39 is 28.0 Å². The first kappa shape index (κ1) is 18.8. The molecule has 25 heavy (non-hydrogen) atoms. The van der Waals surface area contributed by atoms with Crippen molar-refractivity contribution in [2.45, 2.75) is 17.9 Å². The molecule has 0 fully saturated rings. The highest BCUT2D eigenvalue weighted by molar-refractivity contribution is 7.92. The van der Waals surface area contributed by atoms with E-state index in [1.807, 2.05) is 0 Å². The number of hydrogen-bond acceptors (Lipinski definition) is 5. The summed E-state index contributed by atoms with van der Waals surface area (Å²) in [6.07, 6.45) is -1.14. The third-order valence-electron chi connectivity index (χ3n) is 3.20. The molecule has 0 radical (unpaired) electrons. The van der Waals surface area contributed by atoms with Gasteiger partial charge in [0.05, 0.1) is 16.1 Å². The third-order valence-corrected chi connectivity index (χ3v) is 4.83. The molecule has 2 aromatic carbocycles. The number of para-hydroxylation sites is 1. The second-order valence-electron chi connectivity index (χ2n) is 5.05. The first-order valence-corrected chi connectivity index (χ1v) is 8.94. The van der Waals surface area contributed by atoms with Gasteiger partial charge >= 0.3 is 5.97 Å². The molecule has 0 saturated carbocycles. The predicted molar refractivity (Wildman–Crippen MR) is 92.8 cm³/mol. The molecule has 7 nitrogen and oxygen atoms in total. The van der Waals surface area contributed by atoms with Crippen LogP contribution < -0.4 is 10.5 Å². The van der Waals surface area contributed by atoms with E-state index in [0.29, 0.717) is 5.02 Å². The zero-order valence-corrected chi connectivity index (χ0v) is 14.7. The lowest BCUT2D eigenvalue weighted by atomic mass is 10.2. The maximum absolute atomic E-state index is 12.4. The number of carbonyl (C=O) groups excluding carboxylic acids is 2. The van der Waals surface area contributed by atoms with E-state index >= 15 is 0 Å². The zero-order valence-electron chi connectivity index (χ0n) is 13.1. The summed E-state index contributed by atoms with van der Waals surface area (Å²) in [6, 6.07) is 11.4. The summed E-state index contributed by atoms with van der Waals surface area (Å²) < 4.78 is 32.1. The molecule has 1 atom stereocenters. The Labute approximate surface area is 149 Å². The number of anilines is 1. The monoisotopic (exact) mass is 382 g/mol. The van der Waals surface area contributed by atoms with Gasteiger partial charge in [0.25, 0.3) is 15.9 Å². The normalized spacial score (nSPS) is 12.2. The molecule has 0 heterocycles. The molecule has 0 unspecified atom stereocenters. The van der Waals surface area contributed by atoms with Gasteiger partial charge in [-0.3, -0.25) is 9.52 Å². The van der Waals surface area contributed by atoms with Gasteiger partial charge in [-0.25, -0.2) is 13.2 Å². The number of amides is 1. The summed E-state index contributed by atoms with van der Waals surface area (Å²) >= 11 is 5.75. The van der Waals surface area contributed by atoms with Gasteiger partial charge in [-0.1, -0.05) is 23.7 Å². The number of rotatable bonds is 6. The van der Waals surface area contributed by atoms with Crippen molar-refractivity contribution >= 4 is 39.2 Å². The Morgan fingerprint density at radius 3 is 2.32 bits per heavy atom. The van der Waals surface area contributed by atoms with Crippen molar-refractivity contribution in [2.75, 3.05) is 4.72 Å². The second kappa shape index (κ2) is 7.54. The van der Waals surface area contributed by atoms with Crippen LogP contribution in [0.2, 0.25) is 5.02 Å². The highest BCUT2D eigenvalue weighted by atomic mass is 35.5. The van der Waals surface area contributed by atoms with Crippen LogP contribution in [0.3, 0.4) is 0 Å². The highest BCUT2D eigenvalue weighted by Crippen LogP contribution is 2.22. The number of nitrogens with two attached hydrogens (primary N) is 1. The largest absolute Gasteiger partial charge is 0.449 e. The molecular weight excluding hydrogens is 368 g/mol. The summed E-state index contributed by atoms with van der Waals surface area (Å²) in [7, 11) is -3.94. The molecule has 9 heteroatoms. The van der Waals surface area contributed by atoms with Crippen LogP contribution in [0.1, 0.15) is 17.3 Å². The SMILES string of the molecule is C[C@H](OC(=O)c1ccccc1NS(=O)(=O)c1ccc(Cl)cc1)C(N)=O. The van der Waals surface area contributed by atoms with Gasteiger partial charge in [0, 0.05) is 5.02 Å². The number of esters is 1. The lowest BCUT2D eigenvalue weighted by molar-refractivity contribution is -0.125. The van der Waals surface area contributed by atoms with E-state index in [4.69, 9.17) is 22.1 Å². The average molecular weight is 383 g/mol. The Hall–Kier alpha value is -2.58. The maximum Gasteiger partial charge on any atom is 0.341 e. The minimum atomic E-state index is -3.94. The van der Waals surface area contributed by atoms with Crippen molar-refractivity contribution in [2.24, 2.45) is 5.73 Å². The van der Waals surface area contributed by atoms with E-state index in [1.165, 1.54) is 49.4 Å². The molecule has 3 N–H and O–H groups in total. The van der Waals surface area contributed by atoms with Crippen LogP contribution in [0.5, 0.6) is 0 Å². The standard InChI is InChI=1S/C16H15ClN2O5S/c1-10(15(18)20)24-16(21)13-4-2-3-5-14(13)19-25(22,23)12-8-6-11(17)7-9-12/h2-10,19H,1H3,(H2,18,20)/t10-/m0/s1. The van der Waals surface area contributed by atoms with E-state index in [1.54, 1.807) is 6.07 Å². The van der Waals surface area contributed by atoms with Crippen molar-refractivity contribution in [3.8, 4) is 0 Å². The average Bonchev–Trinajstić information content (AvgIpc) is 2.55. The van der Waals surface area contributed by atoms with E-state index in [-0.39, 0.29) is 16.1 Å². The fourth-order valence-corrected chi connectivity index (χ4v) is 3.06. The summed E-state index contributed by atoms with van der Waals surface area (Å²) in [5, 5.41) is 0.392. The lowest BCUT2D eigenvalue weighted by Crippen LogP contribution is -2.30. The van der Waals surface area contributed by atoms with E-state index in [2.05, 4.69) is 4.72 Å². The van der Waals surface area contributed by atoms with Crippen LogP contribution in [0.15, 0.2) is 53.4 Å². The van der Waals surface area contributed by atoms with Crippen LogP contribution in [-0.2, 0) is 19.6 Å². The van der Waals surface area contributed by atoms with Crippen LogP contribution in [0.4, 0.5) is 5.69 Å². The van der Waals surface area contributed by atoms with Crippen molar-refractivity contribution < 1.29 is 22.7 Å². The quantitative estimate of drug-likeness (QED) is 0.743. The van der Waals surface area contributed by atoms with Gasteiger partial charge in [0.1, 0.15) is 0 Å². The lowest BCUT2D eigenvalue weighted by Gasteiger charge is -2.14. The van der Waals surface area contributed by atoms with Crippen LogP contribution >= 0.6 is 11.6 Å². The molecule has 0 aromatic heterocycles. The van der Waals surface area contributed by atoms with E-state index in [0.717, 1.165) is 0 Å². The number of sulfonamides is 1. The van der Waals surface area contributed by atoms with Gasteiger partial charge in [0.2, 0.25) is 0 Å². The Bertz CT molecular complexity index is 897. The molecule has 0 spiro atoms. The first-order valence-electron chi connectivity index (χ1n) is 7.08. The maximum atomic E-state index is 12.4. The highest BCUT2D eigenvalue weighted by Gasteiger charge is 2.22. The Morgan fingerprint density at radius 2 is 1.72 bits per heavy atom. The summed E-state index contributed by atoms with van der Waals surface area (Å²) in [6.45, 7) is 1.32. The van der Waals surface area contributed by atoms with Gasteiger partial charge in [-0.05, 0) is 43.3 Å². The number of benzene rings is 2. The molecule has 0 aliphatic heterocycles. The molecule has 0 saturated heterocycles. The topological polar surface area (TPSA) is 116 Å². The smallest absolute Gasteiger partial charge is 0.341 e. The number of primary amides is 1. The van der Waals surface area contributed by atoms with Crippen molar-refractivity contribution in [3.63, 3.8) is 0 Å². The Balaban J connectivity index is 2.30. The minimum Gasteiger partial charge on any atom is -0.449 e. The van der Waals surface area contributed by atoms with Crippen molar-refractivity contribution in [3.05, 3.63) is 59.1 Å². The Morgan fingerprint density at radius 1 is 1.12 bits per heavy atom. The van der Waals surface area contributed by atoms with Crippen LogP contribution in [0.25, 0.3) is 0 Å². The van der Waals surface area contributed by atoms with Crippen LogP contribution in [0, 0.1) is 0 Å². The molecule has 132 valence electrons. The van der Waals surface area contributed by atoms with Gasteiger partial charge in [-0.15, -0.1) is 0 Å².